The molecule has 0 bridgehead atoms. The Hall–Kier alpha value is -2.62. The average molecular weight is 482 g/mol. The van der Waals surface area contributed by atoms with Crippen LogP contribution in [-0.2, 0) is 6.18 Å². The van der Waals surface area contributed by atoms with Gasteiger partial charge in [-0.05, 0) is 69.0 Å². The fraction of sp³-hybridized carbons (Fsp3) is 0.480. The summed E-state index contributed by atoms with van der Waals surface area (Å²) in [5.74, 6) is 0. The lowest BCUT2D eigenvalue weighted by Crippen LogP contribution is -2.29. The van der Waals surface area contributed by atoms with Gasteiger partial charge >= 0.3 is 12.3 Å². The number of aliphatic hydroxyl groups is 1. The second kappa shape index (κ2) is 13.9. The number of carbonyl (C=O) groups is 1. The smallest absolute Gasteiger partial charge is 0.416 e. The van der Waals surface area contributed by atoms with Gasteiger partial charge in [0.05, 0.1) is 11.7 Å². The molecule has 1 amide bonds. The Labute approximate surface area is 198 Å². The van der Waals surface area contributed by atoms with Crippen molar-refractivity contribution >= 4 is 6.09 Å². The number of hydrogen-bond donors (Lipinski definition) is 5. The number of aryl methyl sites for hydroxylation is 1. The molecule has 0 radical (unpaired) electrons. The zero-order valence-electron chi connectivity index (χ0n) is 19.4. The van der Waals surface area contributed by atoms with Crippen LogP contribution in [0.1, 0.15) is 36.8 Å². The van der Waals surface area contributed by atoms with Crippen LogP contribution in [0.5, 0.6) is 0 Å². The van der Waals surface area contributed by atoms with E-state index in [9.17, 15) is 18.0 Å². The van der Waals surface area contributed by atoms with Gasteiger partial charge in [-0.2, -0.15) is 13.2 Å². The lowest BCUT2D eigenvalue weighted by Gasteiger charge is -2.08. The number of nitrogens with one attached hydrogen (secondary N) is 3. The summed E-state index contributed by atoms with van der Waals surface area (Å²) in [6.07, 6.45) is -1.02. The highest BCUT2D eigenvalue weighted by molar-refractivity contribution is 5.64. The highest BCUT2D eigenvalue weighted by atomic mass is 19.4. The number of aliphatic hydroxyl groups excluding tert-OH is 1. The van der Waals surface area contributed by atoms with Crippen LogP contribution < -0.4 is 16.0 Å². The van der Waals surface area contributed by atoms with Gasteiger partial charge in [0.15, 0.2) is 0 Å². The summed E-state index contributed by atoms with van der Waals surface area (Å²) in [6, 6.07) is 13.4. The van der Waals surface area contributed by atoms with Crippen molar-refractivity contribution in [2.75, 3.05) is 26.2 Å². The third kappa shape index (κ3) is 10.5. The van der Waals surface area contributed by atoms with Gasteiger partial charge in [0, 0.05) is 19.1 Å². The summed E-state index contributed by atoms with van der Waals surface area (Å²) in [6.45, 7) is 5.39. The minimum Gasteiger partial charge on any atom is -0.465 e. The molecule has 2 aliphatic heterocycles. The molecule has 2 aromatic rings. The van der Waals surface area contributed by atoms with E-state index in [0.717, 1.165) is 61.3 Å². The number of β-amino-alcohol motifs (C(OH)–C–C–N with tert-alkyl or cyclic N) is 1. The average Bonchev–Trinajstić information content (AvgIpc) is 3.49. The first kappa shape index (κ1) is 27.6. The van der Waals surface area contributed by atoms with Crippen LogP contribution in [0.2, 0.25) is 0 Å². The Kier molecular flexibility index (Phi) is 11.3. The van der Waals surface area contributed by atoms with Crippen molar-refractivity contribution in [2.24, 2.45) is 0 Å². The van der Waals surface area contributed by atoms with E-state index in [2.05, 4.69) is 16.0 Å². The molecule has 188 valence electrons. The van der Waals surface area contributed by atoms with Crippen LogP contribution in [0.25, 0.3) is 11.1 Å². The van der Waals surface area contributed by atoms with E-state index in [-0.39, 0.29) is 6.10 Å². The van der Waals surface area contributed by atoms with E-state index in [1.165, 1.54) is 25.0 Å². The van der Waals surface area contributed by atoms with Crippen molar-refractivity contribution in [2.45, 2.75) is 50.9 Å². The molecule has 2 heterocycles. The molecule has 2 aromatic carbocycles. The third-order valence-electron chi connectivity index (χ3n) is 5.56. The number of hydrogen-bond acceptors (Lipinski definition) is 4. The zero-order chi connectivity index (χ0) is 25.0. The maximum Gasteiger partial charge on any atom is 0.416 e. The van der Waals surface area contributed by atoms with E-state index in [1.54, 1.807) is 0 Å². The topological polar surface area (TPSA) is 93.6 Å². The van der Waals surface area contributed by atoms with E-state index in [0.29, 0.717) is 12.6 Å². The van der Waals surface area contributed by atoms with Crippen molar-refractivity contribution in [3.05, 3.63) is 59.7 Å². The molecular formula is C25H34F3N3O3. The second-order valence-electron chi connectivity index (χ2n) is 8.40. The highest BCUT2D eigenvalue weighted by Crippen LogP contribution is 2.30. The van der Waals surface area contributed by atoms with Crippen LogP contribution in [0.4, 0.5) is 18.0 Å². The van der Waals surface area contributed by atoms with Crippen molar-refractivity contribution in [3.63, 3.8) is 0 Å². The molecule has 6 nitrogen and oxygen atoms in total. The summed E-state index contributed by atoms with van der Waals surface area (Å²) < 4.78 is 37.1. The quantitative estimate of drug-likeness (QED) is 0.446. The number of alkyl halides is 3. The fourth-order valence-electron chi connectivity index (χ4n) is 3.59. The lowest BCUT2D eigenvalue weighted by atomic mass is 10.0. The molecule has 2 fully saturated rings. The highest BCUT2D eigenvalue weighted by Gasteiger charge is 2.29. The van der Waals surface area contributed by atoms with Crippen molar-refractivity contribution in [3.8, 4) is 11.1 Å². The molecule has 0 aromatic heterocycles. The van der Waals surface area contributed by atoms with Gasteiger partial charge in [-0.15, -0.1) is 0 Å². The zero-order valence-corrected chi connectivity index (χ0v) is 19.4. The van der Waals surface area contributed by atoms with Crippen molar-refractivity contribution in [1.29, 1.82) is 0 Å². The van der Waals surface area contributed by atoms with Gasteiger partial charge < -0.3 is 26.2 Å². The minimum absolute atomic E-state index is 0.0648. The number of benzene rings is 2. The van der Waals surface area contributed by atoms with E-state index in [1.807, 2.05) is 31.2 Å². The van der Waals surface area contributed by atoms with Gasteiger partial charge in [0.2, 0.25) is 0 Å². The monoisotopic (exact) mass is 481 g/mol. The molecule has 4 rings (SSSR count). The summed E-state index contributed by atoms with van der Waals surface area (Å²) >= 11 is 0. The van der Waals surface area contributed by atoms with Crippen LogP contribution in [0.3, 0.4) is 0 Å². The molecule has 0 saturated carbocycles. The maximum absolute atomic E-state index is 12.4. The molecule has 5 N–H and O–H groups in total. The molecule has 0 aliphatic carbocycles. The molecule has 2 saturated heterocycles. The first-order valence-electron chi connectivity index (χ1n) is 11.5. The predicted octanol–water partition coefficient (Wildman–Crippen LogP) is 4.42. The van der Waals surface area contributed by atoms with Crippen LogP contribution >= 0.6 is 0 Å². The van der Waals surface area contributed by atoms with Gasteiger partial charge in [0.25, 0.3) is 0 Å². The van der Waals surface area contributed by atoms with E-state index >= 15 is 0 Å². The molecule has 2 aliphatic rings. The first-order chi connectivity index (χ1) is 16.1. The summed E-state index contributed by atoms with van der Waals surface area (Å²) in [4.78, 5) is 10.0. The lowest BCUT2D eigenvalue weighted by molar-refractivity contribution is -0.137. The van der Waals surface area contributed by atoms with Gasteiger partial charge in [-0.1, -0.05) is 42.0 Å². The Bertz CT molecular complexity index is 846. The molecular weight excluding hydrogens is 447 g/mol. The standard InChI is InChI=1S/C14H11F3.C7H14N2O2.C4H9NO/c1-10-2-4-11(5-3-10)12-6-8-13(9-7-12)14(15,16)17;10-7(11)9-5-3-6-2-1-4-8-6;6-4-1-2-5-3-4/h2-9H,1H3;6,8-9H,1-5H2,(H,10,11);4-6H,1-3H2. The summed E-state index contributed by atoms with van der Waals surface area (Å²) in [5, 5.41) is 25.6. The fourth-order valence-corrected chi connectivity index (χ4v) is 3.59. The molecule has 34 heavy (non-hydrogen) atoms. The normalized spacial score (nSPS) is 19.4. The van der Waals surface area contributed by atoms with Crippen LogP contribution in [0, 0.1) is 6.92 Å². The first-order valence-corrected chi connectivity index (χ1v) is 11.5. The van der Waals surface area contributed by atoms with Crippen LogP contribution in [-0.4, -0.2) is 54.6 Å². The van der Waals surface area contributed by atoms with Crippen LogP contribution in [0.15, 0.2) is 48.5 Å². The molecule has 2 unspecified atom stereocenters. The van der Waals surface area contributed by atoms with Gasteiger partial charge in [0.1, 0.15) is 0 Å². The third-order valence-corrected chi connectivity index (χ3v) is 5.56. The Balaban J connectivity index is 0.000000204. The molecule has 9 heteroatoms. The van der Waals surface area contributed by atoms with E-state index in [4.69, 9.17) is 10.2 Å². The van der Waals surface area contributed by atoms with Crippen molar-refractivity contribution < 1.29 is 28.2 Å². The SMILES string of the molecule is Cc1ccc(-c2ccc(C(F)(F)F)cc2)cc1.O=C(O)NCCC1CCCN1.OC1CCNC1. The minimum atomic E-state index is -4.27. The van der Waals surface area contributed by atoms with E-state index < -0.39 is 17.8 Å². The summed E-state index contributed by atoms with van der Waals surface area (Å²) in [7, 11) is 0. The number of carboxylic acid groups (broad SMARTS) is 1. The number of rotatable bonds is 4. The van der Waals surface area contributed by atoms with Gasteiger partial charge in [-0.25, -0.2) is 4.79 Å². The molecule has 2 atom stereocenters. The maximum atomic E-state index is 12.4. The second-order valence-corrected chi connectivity index (χ2v) is 8.40. The Morgan fingerprint density at radius 2 is 1.65 bits per heavy atom. The van der Waals surface area contributed by atoms with Crippen molar-refractivity contribution in [1.82, 2.24) is 16.0 Å². The Morgan fingerprint density at radius 1 is 1.03 bits per heavy atom. The van der Waals surface area contributed by atoms with Gasteiger partial charge in [-0.3, -0.25) is 0 Å². The summed E-state index contributed by atoms with van der Waals surface area (Å²) in [5.41, 5.74) is 2.22. The number of amides is 1. The number of halogens is 3. The molecule has 0 spiro atoms. The Morgan fingerprint density at radius 3 is 2.06 bits per heavy atom. The largest absolute Gasteiger partial charge is 0.465 e. The predicted molar refractivity (Wildman–Crippen MR) is 127 cm³/mol.